The van der Waals surface area contributed by atoms with Crippen molar-refractivity contribution in [1.29, 1.82) is 0 Å². The summed E-state index contributed by atoms with van der Waals surface area (Å²) in [5.41, 5.74) is 2.27. The van der Waals surface area contributed by atoms with E-state index < -0.39 is 11.7 Å². The van der Waals surface area contributed by atoms with Crippen LogP contribution in [0.15, 0.2) is 65.1 Å². The molecular formula is C20H12F4O. The second-order valence-corrected chi connectivity index (χ2v) is 5.94. The lowest BCUT2D eigenvalue weighted by Crippen LogP contribution is -2.04. The third-order valence-corrected chi connectivity index (χ3v) is 4.19. The maximum absolute atomic E-state index is 13.5. The summed E-state index contributed by atoms with van der Waals surface area (Å²) in [5.74, 6) is -0.344. The van der Waals surface area contributed by atoms with Gasteiger partial charge in [-0.1, -0.05) is 18.2 Å². The fraction of sp³-hybridized carbons (Fsp3) is 0.100. The molecule has 0 spiro atoms. The van der Waals surface area contributed by atoms with Crippen molar-refractivity contribution >= 4 is 21.9 Å². The first kappa shape index (κ1) is 15.7. The summed E-state index contributed by atoms with van der Waals surface area (Å²) in [6.07, 6.45) is -3.85. The molecule has 4 aromatic rings. The topological polar surface area (TPSA) is 13.1 Å². The van der Waals surface area contributed by atoms with Crippen LogP contribution >= 0.6 is 0 Å². The highest BCUT2D eigenvalue weighted by atomic mass is 19.4. The van der Waals surface area contributed by atoms with E-state index in [4.69, 9.17) is 4.42 Å². The molecule has 0 saturated heterocycles. The molecule has 0 aliphatic carbocycles. The molecule has 4 rings (SSSR count). The van der Waals surface area contributed by atoms with Crippen LogP contribution in [0, 0.1) is 5.82 Å². The number of alkyl halides is 3. The molecule has 0 bridgehead atoms. The van der Waals surface area contributed by atoms with E-state index >= 15 is 0 Å². The van der Waals surface area contributed by atoms with Gasteiger partial charge >= 0.3 is 6.18 Å². The van der Waals surface area contributed by atoms with Crippen LogP contribution in [-0.2, 0) is 12.6 Å². The van der Waals surface area contributed by atoms with Crippen molar-refractivity contribution in [2.75, 3.05) is 0 Å². The van der Waals surface area contributed by atoms with Crippen LogP contribution in [-0.4, -0.2) is 0 Å². The van der Waals surface area contributed by atoms with Gasteiger partial charge in [0.25, 0.3) is 0 Å². The summed E-state index contributed by atoms with van der Waals surface area (Å²) in [7, 11) is 0. The molecule has 0 radical (unpaired) electrons. The Kier molecular flexibility index (Phi) is 3.53. The van der Waals surface area contributed by atoms with Crippen LogP contribution in [0.4, 0.5) is 17.6 Å². The molecule has 1 heterocycles. The summed E-state index contributed by atoms with van der Waals surface area (Å²) in [6.45, 7) is 0. The van der Waals surface area contributed by atoms with Gasteiger partial charge in [-0.2, -0.15) is 13.2 Å². The molecule has 0 atom stereocenters. The lowest BCUT2D eigenvalue weighted by molar-refractivity contribution is -0.137. The molecule has 0 unspecified atom stereocenters. The Labute approximate surface area is 140 Å². The fourth-order valence-electron chi connectivity index (χ4n) is 2.95. The van der Waals surface area contributed by atoms with E-state index in [9.17, 15) is 17.6 Å². The zero-order valence-corrected chi connectivity index (χ0v) is 12.9. The van der Waals surface area contributed by atoms with Gasteiger partial charge in [-0.05, 0) is 60.0 Å². The maximum Gasteiger partial charge on any atom is 0.416 e. The van der Waals surface area contributed by atoms with E-state index in [-0.39, 0.29) is 5.82 Å². The third kappa shape index (κ3) is 2.97. The third-order valence-electron chi connectivity index (χ3n) is 4.19. The Morgan fingerprint density at radius 2 is 1.32 bits per heavy atom. The number of halogens is 4. The molecule has 25 heavy (non-hydrogen) atoms. The van der Waals surface area contributed by atoms with Crippen molar-refractivity contribution < 1.29 is 22.0 Å². The molecule has 1 nitrogen and oxygen atoms in total. The maximum atomic E-state index is 13.5. The molecule has 0 saturated carbocycles. The monoisotopic (exact) mass is 344 g/mol. The van der Waals surface area contributed by atoms with Crippen molar-refractivity contribution in [1.82, 2.24) is 0 Å². The molecule has 1 aromatic heterocycles. The summed E-state index contributed by atoms with van der Waals surface area (Å²) < 4.78 is 57.0. The van der Waals surface area contributed by atoms with E-state index in [1.165, 1.54) is 24.3 Å². The lowest BCUT2D eigenvalue weighted by Gasteiger charge is -2.08. The Morgan fingerprint density at radius 1 is 0.720 bits per heavy atom. The average molecular weight is 344 g/mol. The zero-order chi connectivity index (χ0) is 17.6. The first-order chi connectivity index (χ1) is 11.9. The fourth-order valence-corrected chi connectivity index (χ4v) is 2.95. The highest BCUT2D eigenvalue weighted by Crippen LogP contribution is 2.31. The van der Waals surface area contributed by atoms with Gasteiger partial charge in [-0.25, -0.2) is 4.39 Å². The number of hydrogen-bond donors (Lipinski definition) is 0. The average Bonchev–Trinajstić information content (AvgIpc) is 2.92. The normalized spacial score (nSPS) is 12.2. The van der Waals surface area contributed by atoms with Gasteiger partial charge in [0.05, 0.1) is 5.56 Å². The van der Waals surface area contributed by atoms with Crippen LogP contribution in [0.5, 0.6) is 0 Å². The number of hydrogen-bond acceptors (Lipinski definition) is 1. The largest absolute Gasteiger partial charge is 0.456 e. The standard InChI is InChI=1S/C20H12F4O/c21-15-6-8-19-17(11-15)16-10-13(3-7-18(16)25-19)9-12-1-4-14(5-2-12)20(22,23)24/h1-8,10-11H,9H2. The Bertz CT molecular complexity index is 1060. The number of rotatable bonds is 2. The molecule has 0 aliphatic rings. The molecule has 0 amide bonds. The van der Waals surface area contributed by atoms with E-state index in [0.29, 0.717) is 23.0 Å². The van der Waals surface area contributed by atoms with Gasteiger partial charge in [-0.3, -0.25) is 0 Å². The van der Waals surface area contributed by atoms with Gasteiger partial charge in [0, 0.05) is 10.8 Å². The zero-order valence-electron chi connectivity index (χ0n) is 12.9. The minimum Gasteiger partial charge on any atom is -0.456 e. The highest BCUT2D eigenvalue weighted by Gasteiger charge is 2.29. The Balaban J connectivity index is 1.69. The van der Waals surface area contributed by atoms with Crippen LogP contribution in [0.2, 0.25) is 0 Å². The van der Waals surface area contributed by atoms with Gasteiger partial charge in [0.2, 0.25) is 0 Å². The summed E-state index contributed by atoms with van der Waals surface area (Å²) in [5, 5.41) is 1.48. The predicted octanol–water partition coefficient (Wildman–Crippen LogP) is 6.33. The van der Waals surface area contributed by atoms with Crippen LogP contribution in [0.1, 0.15) is 16.7 Å². The molecule has 126 valence electrons. The summed E-state index contributed by atoms with van der Waals surface area (Å²) in [6, 6.07) is 15.0. The van der Waals surface area contributed by atoms with E-state index in [1.54, 1.807) is 12.1 Å². The Hall–Kier alpha value is -2.82. The molecule has 5 heteroatoms. The number of fused-ring (bicyclic) bond motifs is 3. The lowest BCUT2D eigenvalue weighted by atomic mass is 10.0. The second-order valence-electron chi connectivity index (χ2n) is 5.94. The minimum absolute atomic E-state index is 0.344. The number of benzene rings is 3. The first-order valence-electron chi connectivity index (χ1n) is 7.67. The Morgan fingerprint density at radius 3 is 2.00 bits per heavy atom. The van der Waals surface area contributed by atoms with Crippen LogP contribution in [0.25, 0.3) is 21.9 Å². The molecule has 0 fully saturated rings. The predicted molar refractivity (Wildman–Crippen MR) is 87.9 cm³/mol. The van der Waals surface area contributed by atoms with E-state index in [2.05, 4.69) is 0 Å². The summed E-state index contributed by atoms with van der Waals surface area (Å²) >= 11 is 0. The number of furan rings is 1. The summed E-state index contributed by atoms with van der Waals surface area (Å²) in [4.78, 5) is 0. The van der Waals surface area contributed by atoms with Crippen molar-refractivity contribution in [3.05, 3.63) is 83.2 Å². The quantitative estimate of drug-likeness (QED) is 0.387. The molecule has 0 aliphatic heterocycles. The molecular weight excluding hydrogens is 332 g/mol. The highest BCUT2D eigenvalue weighted by molar-refractivity contribution is 6.05. The van der Waals surface area contributed by atoms with Crippen molar-refractivity contribution in [2.24, 2.45) is 0 Å². The van der Waals surface area contributed by atoms with Crippen LogP contribution < -0.4 is 0 Å². The smallest absolute Gasteiger partial charge is 0.416 e. The van der Waals surface area contributed by atoms with Gasteiger partial charge in [0.1, 0.15) is 17.0 Å². The van der Waals surface area contributed by atoms with E-state index in [0.717, 1.165) is 28.6 Å². The molecule has 0 N–H and O–H groups in total. The van der Waals surface area contributed by atoms with E-state index in [1.807, 2.05) is 12.1 Å². The molecule has 3 aromatic carbocycles. The minimum atomic E-state index is -4.34. The van der Waals surface area contributed by atoms with Crippen molar-refractivity contribution in [3.8, 4) is 0 Å². The van der Waals surface area contributed by atoms with Crippen LogP contribution in [0.3, 0.4) is 0 Å². The van der Waals surface area contributed by atoms with Gasteiger partial charge < -0.3 is 4.42 Å². The second kappa shape index (κ2) is 5.62. The SMILES string of the molecule is Fc1ccc2oc3ccc(Cc4ccc(C(F)(F)F)cc4)cc3c2c1. The van der Waals surface area contributed by atoms with Gasteiger partial charge in [0.15, 0.2) is 0 Å². The first-order valence-corrected chi connectivity index (χ1v) is 7.67. The van der Waals surface area contributed by atoms with Gasteiger partial charge in [-0.15, -0.1) is 0 Å². The van der Waals surface area contributed by atoms with Crippen molar-refractivity contribution in [2.45, 2.75) is 12.6 Å². The van der Waals surface area contributed by atoms with Crippen molar-refractivity contribution in [3.63, 3.8) is 0 Å².